The monoisotopic (exact) mass is 366 g/mol. The van der Waals surface area contributed by atoms with Crippen LogP contribution < -0.4 is 15.1 Å². The number of pyridine rings is 1. The van der Waals surface area contributed by atoms with Crippen LogP contribution in [0.1, 0.15) is 36.9 Å². The lowest BCUT2D eigenvalue weighted by molar-refractivity contribution is 0.416. The average Bonchev–Trinajstić information content (AvgIpc) is 3.24. The summed E-state index contributed by atoms with van der Waals surface area (Å²) < 4.78 is 0. The van der Waals surface area contributed by atoms with E-state index < -0.39 is 0 Å². The number of anilines is 2. The highest BCUT2D eigenvalue weighted by Crippen LogP contribution is 2.23. The zero-order valence-corrected chi connectivity index (χ0v) is 16.3. The number of nitrogens with one attached hydrogen (secondary N) is 1. The van der Waals surface area contributed by atoms with Crippen LogP contribution in [0.3, 0.4) is 0 Å². The van der Waals surface area contributed by atoms with Crippen molar-refractivity contribution in [1.29, 1.82) is 0 Å². The first-order valence-electron chi connectivity index (χ1n) is 10.3. The molecule has 0 unspecified atom stereocenters. The Morgan fingerprint density at radius 2 is 1.74 bits per heavy atom. The first kappa shape index (κ1) is 18.2. The summed E-state index contributed by atoms with van der Waals surface area (Å²) in [5.41, 5.74) is 2.42. The summed E-state index contributed by atoms with van der Waals surface area (Å²) in [7, 11) is 0. The summed E-state index contributed by atoms with van der Waals surface area (Å²) in [6.45, 7) is 7.41. The smallest absolute Gasteiger partial charge is 0.227 e. The fourth-order valence-corrected chi connectivity index (χ4v) is 4.04. The van der Waals surface area contributed by atoms with E-state index in [2.05, 4.69) is 50.2 Å². The van der Waals surface area contributed by atoms with E-state index in [0.29, 0.717) is 6.04 Å². The molecule has 2 aliphatic heterocycles. The van der Waals surface area contributed by atoms with E-state index >= 15 is 0 Å². The normalized spacial score (nSPS) is 18.3. The van der Waals surface area contributed by atoms with Gasteiger partial charge in [0.1, 0.15) is 5.82 Å². The zero-order valence-electron chi connectivity index (χ0n) is 16.3. The van der Waals surface area contributed by atoms with E-state index in [-0.39, 0.29) is 0 Å². The van der Waals surface area contributed by atoms with Crippen LogP contribution in [0.4, 0.5) is 11.8 Å². The molecule has 0 spiro atoms. The minimum atomic E-state index is 0.601. The number of aromatic nitrogens is 3. The van der Waals surface area contributed by atoms with Gasteiger partial charge in [-0.1, -0.05) is 0 Å². The lowest BCUT2D eigenvalue weighted by Gasteiger charge is -2.33. The molecule has 0 radical (unpaired) electrons. The second-order valence-electron chi connectivity index (χ2n) is 7.68. The maximum absolute atomic E-state index is 4.88. The molecule has 6 heteroatoms. The van der Waals surface area contributed by atoms with Gasteiger partial charge < -0.3 is 15.1 Å². The molecule has 2 saturated heterocycles. The molecule has 144 valence electrons. The van der Waals surface area contributed by atoms with Crippen molar-refractivity contribution in [2.75, 3.05) is 42.5 Å². The summed E-state index contributed by atoms with van der Waals surface area (Å²) in [6.07, 6.45) is 9.64. The van der Waals surface area contributed by atoms with Gasteiger partial charge in [-0.05, 0) is 63.3 Å². The highest BCUT2D eigenvalue weighted by Gasteiger charge is 2.22. The Labute approximate surface area is 162 Å². The number of hydrogen-bond acceptors (Lipinski definition) is 6. The van der Waals surface area contributed by atoms with Gasteiger partial charge in [0.25, 0.3) is 0 Å². The standard InChI is InChI=1S/C21H30N6/c1-17-16-20(25-21(24-17)27-12-2-3-13-27)26-14-7-19(8-15-26)23-11-6-18-4-9-22-10-5-18/h4-5,9-10,16,19,23H,2-3,6-8,11-15H2,1H3. The molecule has 4 rings (SSSR count). The van der Waals surface area contributed by atoms with Crippen molar-refractivity contribution in [3.63, 3.8) is 0 Å². The lowest BCUT2D eigenvalue weighted by Crippen LogP contribution is -2.43. The third-order valence-electron chi connectivity index (χ3n) is 5.63. The van der Waals surface area contributed by atoms with Gasteiger partial charge in [0, 0.05) is 56.4 Å². The molecule has 2 fully saturated rings. The van der Waals surface area contributed by atoms with E-state index in [1.54, 1.807) is 0 Å². The molecule has 4 heterocycles. The van der Waals surface area contributed by atoms with E-state index in [0.717, 1.165) is 56.6 Å². The Morgan fingerprint density at radius 1 is 1.00 bits per heavy atom. The number of nitrogens with zero attached hydrogens (tertiary/aromatic N) is 5. The lowest BCUT2D eigenvalue weighted by atomic mass is 10.0. The van der Waals surface area contributed by atoms with Gasteiger partial charge in [-0.3, -0.25) is 4.98 Å². The first-order chi connectivity index (χ1) is 13.3. The second-order valence-corrected chi connectivity index (χ2v) is 7.68. The van der Waals surface area contributed by atoms with Crippen molar-refractivity contribution in [3.05, 3.63) is 41.9 Å². The molecule has 27 heavy (non-hydrogen) atoms. The topological polar surface area (TPSA) is 57.2 Å². The third kappa shape index (κ3) is 4.75. The van der Waals surface area contributed by atoms with Crippen molar-refractivity contribution in [2.24, 2.45) is 0 Å². The molecule has 2 aliphatic rings. The zero-order chi connectivity index (χ0) is 18.5. The predicted octanol–water partition coefficient (Wildman–Crippen LogP) is 2.58. The van der Waals surface area contributed by atoms with E-state index in [9.17, 15) is 0 Å². The predicted molar refractivity (Wildman–Crippen MR) is 109 cm³/mol. The van der Waals surface area contributed by atoms with Crippen LogP contribution in [0.2, 0.25) is 0 Å². The molecule has 0 bridgehead atoms. The minimum Gasteiger partial charge on any atom is -0.356 e. The third-order valence-corrected chi connectivity index (χ3v) is 5.63. The largest absolute Gasteiger partial charge is 0.356 e. The fourth-order valence-electron chi connectivity index (χ4n) is 4.04. The molecule has 2 aromatic rings. The van der Waals surface area contributed by atoms with E-state index in [1.807, 2.05) is 12.4 Å². The van der Waals surface area contributed by atoms with Crippen LogP contribution in [0.15, 0.2) is 30.6 Å². The molecule has 0 saturated carbocycles. The molecule has 0 amide bonds. The molecule has 6 nitrogen and oxygen atoms in total. The minimum absolute atomic E-state index is 0.601. The summed E-state index contributed by atoms with van der Waals surface area (Å²) in [5, 5.41) is 3.72. The highest BCUT2D eigenvalue weighted by molar-refractivity contribution is 5.46. The Bertz CT molecular complexity index is 721. The SMILES string of the molecule is Cc1cc(N2CCC(NCCc3ccncc3)CC2)nc(N2CCCC2)n1. The highest BCUT2D eigenvalue weighted by atomic mass is 15.3. The first-order valence-corrected chi connectivity index (χ1v) is 10.3. The Hall–Kier alpha value is -2.21. The van der Waals surface area contributed by atoms with Crippen LogP contribution in [-0.4, -0.2) is 53.7 Å². The van der Waals surface area contributed by atoms with Gasteiger partial charge >= 0.3 is 0 Å². The van der Waals surface area contributed by atoms with Crippen molar-refractivity contribution < 1.29 is 0 Å². The van der Waals surface area contributed by atoms with Gasteiger partial charge in [-0.15, -0.1) is 0 Å². The summed E-state index contributed by atoms with van der Waals surface area (Å²) in [5.74, 6) is 2.01. The van der Waals surface area contributed by atoms with Crippen molar-refractivity contribution >= 4 is 11.8 Å². The molecular weight excluding hydrogens is 336 g/mol. The van der Waals surface area contributed by atoms with Gasteiger partial charge in [0.2, 0.25) is 5.95 Å². The quantitative estimate of drug-likeness (QED) is 0.848. The maximum Gasteiger partial charge on any atom is 0.227 e. The molecule has 1 N–H and O–H groups in total. The van der Waals surface area contributed by atoms with Crippen LogP contribution in [0.5, 0.6) is 0 Å². The number of hydrogen-bond donors (Lipinski definition) is 1. The Morgan fingerprint density at radius 3 is 2.48 bits per heavy atom. The van der Waals surface area contributed by atoms with Crippen molar-refractivity contribution in [3.8, 4) is 0 Å². The molecule has 0 atom stereocenters. The van der Waals surface area contributed by atoms with Crippen LogP contribution >= 0.6 is 0 Å². The summed E-state index contributed by atoms with van der Waals surface area (Å²) in [4.78, 5) is 18.4. The summed E-state index contributed by atoms with van der Waals surface area (Å²) >= 11 is 0. The second kappa shape index (κ2) is 8.65. The molecule has 0 aliphatic carbocycles. The molecule has 2 aromatic heterocycles. The van der Waals surface area contributed by atoms with Crippen LogP contribution in [0.25, 0.3) is 0 Å². The average molecular weight is 367 g/mol. The molecular formula is C21H30N6. The van der Waals surface area contributed by atoms with Gasteiger partial charge in [0.05, 0.1) is 0 Å². The maximum atomic E-state index is 4.88. The van der Waals surface area contributed by atoms with Gasteiger partial charge in [-0.2, -0.15) is 4.98 Å². The fraction of sp³-hybridized carbons (Fsp3) is 0.571. The number of piperidine rings is 1. The molecule has 0 aromatic carbocycles. The number of aryl methyl sites for hydroxylation is 1. The Kier molecular flexibility index (Phi) is 5.82. The van der Waals surface area contributed by atoms with Crippen molar-refractivity contribution in [2.45, 2.75) is 45.1 Å². The van der Waals surface area contributed by atoms with E-state index in [1.165, 1.54) is 31.2 Å². The Balaban J connectivity index is 1.28. The number of rotatable bonds is 6. The van der Waals surface area contributed by atoms with Gasteiger partial charge in [0.15, 0.2) is 0 Å². The van der Waals surface area contributed by atoms with Crippen LogP contribution in [-0.2, 0) is 6.42 Å². The van der Waals surface area contributed by atoms with Crippen molar-refractivity contribution in [1.82, 2.24) is 20.3 Å². The van der Waals surface area contributed by atoms with Gasteiger partial charge in [-0.25, -0.2) is 4.98 Å². The summed E-state index contributed by atoms with van der Waals surface area (Å²) in [6, 6.07) is 6.93. The van der Waals surface area contributed by atoms with Crippen LogP contribution in [0, 0.1) is 6.92 Å². The van der Waals surface area contributed by atoms with E-state index in [4.69, 9.17) is 4.98 Å².